The van der Waals surface area contributed by atoms with E-state index in [1.54, 1.807) is 0 Å². The number of nitrogens with one attached hydrogen (secondary N) is 1. The van der Waals surface area contributed by atoms with Gasteiger partial charge < -0.3 is 21.7 Å². The molecule has 4 heterocycles. The van der Waals surface area contributed by atoms with Crippen molar-refractivity contribution in [1.29, 1.82) is 0 Å². The fourth-order valence-corrected chi connectivity index (χ4v) is 5.76. The van der Waals surface area contributed by atoms with Crippen LogP contribution in [-0.4, -0.2) is 47.5 Å². The number of anilines is 2. The fourth-order valence-electron chi connectivity index (χ4n) is 4.72. The van der Waals surface area contributed by atoms with Crippen molar-refractivity contribution >= 4 is 39.0 Å². The van der Waals surface area contributed by atoms with Gasteiger partial charge in [0.1, 0.15) is 15.5 Å². The number of alkyl halides is 2. The van der Waals surface area contributed by atoms with Gasteiger partial charge in [0.05, 0.1) is 11.6 Å². The molecular weight excluding hydrogens is 446 g/mol. The van der Waals surface area contributed by atoms with E-state index in [-0.39, 0.29) is 18.5 Å². The van der Waals surface area contributed by atoms with Crippen LogP contribution in [0.3, 0.4) is 0 Å². The normalized spacial score (nSPS) is 22.7. The van der Waals surface area contributed by atoms with Crippen LogP contribution in [0.15, 0.2) is 24.3 Å². The number of hydrogen-bond donors (Lipinski definition) is 3. The molecule has 0 radical (unpaired) electrons. The summed E-state index contributed by atoms with van der Waals surface area (Å²) in [6.45, 7) is 2.50. The molecule has 0 aromatic carbocycles. The second-order valence-electron chi connectivity index (χ2n) is 8.91. The zero-order chi connectivity index (χ0) is 23.3. The molecule has 2 aliphatic rings. The van der Waals surface area contributed by atoms with Crippen LogP contribution in [0.2, 0.25) is 0 Å². The minimum Gasteiger partial charge on any atom is -0.397 e. The lowest BCUT2D eigenvalue weighted by Gasteiger charge is -2.26. The van der Waals surface area contributed by atoms with E-state index in [4.69, 9.17) is 16.5 Å². The van der Waals surface area contributed by atoms with Gasteiger partial charge >= 0.3 is 0 Å². The van der Waals surface area contributed by atoms with Gasteiger partial charge in [-0.1, -0.05) is 6.07 Å². The first-order valence-corrected chi connectivity index (χ1v) is 11.9. The molecule has 1 fully saturated rings. The standard InChI is InChI=1S/C23H26F2N6OS/c1-11-2-5-14-19(27)20(33-23(14)28-11)22(32)29-13-4-6-17-12(8-13)3-7-18(30-17)31-9-15(21(24)25)16(26)10-31/h2-3,5,7,13,15-16,21H,4,6,8-10,26-27H2,1H3,(H,29,32)/t13-,15?,16-/m0/s1. The zero-order valence-corrected chi connectivity index (χ0v) is 19.0. The molecule has 1 aliphatic carbocycles. The molecule has 0 saturated carbocycles. The molecule has 3 aromatic rings. The minimum absolute atomic E-state index is 0.0274. The number of nitrogens with two attached hydrogens (primary N) is 2. The van der Waals surface area contributed by atoms with E-state index in [1.807, 2.05) is 36.1 Å². The maximum Gasteiger partial charge on any atom is 0.263 e. The van der Waals surface area contributed by atoms with E-state index in [0.29, 0.717) is 35.8 Å². The molecule has 7 nitrogen and oxygen atoms in total. The number of nitrogen functional groups attached to an aromatic ring is 1. The third kappa shape index (κ3) is 4.13. The number of hydrogen-bond acceptors (Lipinski definition) is 7. The second kappa shape index (κ2) is 8.49. The molecule has 0 bridgehead atoms. The number of amides is 1. The molecule has 3 aromatic heterocycles. The highest BCUT2D eigenvalue weighted by Gasteiger charge is 2.37. The number of fused-ring (bicyclic) bond motifs is 2. The van der Waals surface area contributed by atoms with Crippen LogP contribution in [-0.2, 0) is 12.8 Å². The number of pyridine rings is 2. The van der Waals surface area contributed by atoms with Crippen molar-refractivity contribution in [1.82, 2.24) is 15.3 Å². The van der Waals surface area contributed by atoms with Gasteiger partial charge in [-0.3, -0.25) is 4.79 Å². The van der Waals surface area contributed by atoms with Gasteiger partial charge in [0.15, 0.2) is 0 Å². The average molecular weight is 473 g/mol. The summed E-state index contributed by atoms with van der Waals surface area (Å²) < 4.78 is 26.3. The molecule has 1 aliphatic heterocycles. The maximum atomic E-state index is 13.2. The number of carbonyl (C=O) groups excluding carboxylic acids is 1. The van der Waals surface area contributed by atoms with E-state index < -0.39 is 18.4 Å². The Bertz CT molecular complexity index is 1220. The summed E-state index contributed by atoms with van der Waals surface area (Å²) in [5, 5.41) is 3.91. The van der Waals surface area contributed by atoms with Gasteiger partial charge in [-0.15, -0.1) is 11.3 Å². The summed E-state index contributed by atoms with van der Waals surface area (Å²) >= 11 is 1.31. The number of aryl methyl sites for hydroxylation is 2. The summed E-state index contributed by atoms with van der Waals surface area (Å²) in [6.07, 6.45) is -0.317. The lowest BCUT2D eigenvalue weighted by atomic mass is 9.91. The third-order valence-corrected chi connectivity index (χ3v) is 7.70. The predicted molar refractivity (Wildman–Crippen MR) is 126 cm³/mol. The molecule has 3 atom stereocenters. The summed E-state index contributed by atoms with van der Waals surface area (Å²) in [4.78, 5) is 25.2. The van der Waals surface area contributed by atoms with E-state index in [0.717, 1.165) is 33.6 Å². The van der Waals surface area contributed by atoms with Crippen LogP contribution < -0.4 is 21.7 Å². The number of rotatable bonds is 4. The second-order valence-corrected chi connectivity index (χ2v) is 9.90. The zero-order valence-electron chi connectivity index (χ0n) is 18.2. The first-order valence-electron chi connectivity index (χ1n) is 11.0. The quantitative estimate of drug-likeness (QED) is 0.539. The number of nitrogens with zero attached hydrogens (tertiary/aromatic N) is 3. The van der Waals surface area contributed by atoms with Gasteiger partial charge in [0, 0.05) is 41.9 Å². The number of halogens is 2. The Hall–Kier alpha value is -2.85. The largest absolute Gasteiger partial charge is 0.397 e. The smallest absolute Gasteiger partial charge is 0.263 e. The van der Waals surface area contributed by atoms with Crippen LogP contribution >= 0.6 is 11.3 Å². The van der Waals surface area contributed by atoms with Gasteiger partial charge in [-0.25, -0.2) is 18.7 Å². The molecule has 1 amide bonds. The van der Waals surface area contributed by atoms with Crippen molar-refractivity contribution < 1.29 is 13.6 Å². The summed E-state index contributed by atoms with van der Waals surface area (Å²) in [5.74, 6) is -0.325. The molecule has 0 spiro atoms. The van der Waals surface area contributed by atoms with Crippen molar-refractivity contribution in [2.24, 2.45) is 11.7 Å². The molecule has 10 heteroatoms. The number of thiophene rings is 1. The first kappa shape index (κ1) is 22.0. The molecule has 5 rings (SSSR count). The van der Waals surface area contributed by atoms with Crippen LogP contribution in [0.5, 0.6) is 0 Å². The fraction of sp³-hybridized carbons (Fsp3) is 0.435. The molecule has 1 saturated heterocycles. The molecule has 33 heavy (non-hydrogen) atoms. The number of carbonyl (C=O) groups is 1. The number of aromatic nitrogens is 2. The molecule has 5 N–H and O–H groups in total. The Balaban J connectivity index is 1.27. The van der Waals surface area contributed by atoms with Crippen molar-refractivity contribution in [2.45, 2.75) is 44.7 Å². The van der Waals surface area contributed by atoms with Crippen molar-refractivity contribution in [3.63, 3.8) is 0 Å². The highest BCUT2D eigenvalue weighted by molar-refractivity contribution is 7.21. The topological polar surface area (TPSA) is 110 Å². The van der Waals surface area contributed by atoms with Crippen molar-refractivity contribution in [2.75, 3.05) is 23.7 Å². The Labute approximate surface area is 194 Å². The maximum absolute atomic E-state index is 13.2. The van der Waals surface area contributed by atoms with Crippen LogP contribution in [0.1, 0.15) is 33.0 Å². The third-order valence-electron chi connectivity index (χ3n) is 6.58. The SMILES string of the molecule is Cc1ccc2c(N)c(C(=O)N[C@H]3CCc4nc(N5CC(C(F)F)[C@@H](N)C5)ccc4C3)sc2n1. The van der Waals surface area contributed by atoms with Gasteiger partial charge in [0.2, 0.25) is 6.43 Å². The average Bonchev–Trinajstić information content (AvgIpc) is 3.33. The van der Waals surface area contributed by atoms with Crippen molar-refractivity contribution in [3.05, 3.63) is 46.1 Å². The van der Waals surface area contributed by atoms with Gasteiger partial charge in [0.25, 0.3) is 5.91 Å². The molecular formula is C23H26F2N6OS. The minimum atomic E-state index is -2.43. The van der Waals surface area contributed by atoms with E-state index in [1.165, 1.54) is 11.3 Å². The van der Waals surface area contributed by atoms with Crippen LogP contribution in [0.4, 0.5) is 20.3 Å². The predicted octanol–water partition coefficient (Wildman–Crippen LogP) is 2.90. The molecule has 174 valence electrons. The highest BCUT2D eigenvalue weighted by atomic mass is 32.1. The van der Waals surface area contributed by atoms with E-state index in [2.05, 4.69) is 10.3 Å². The molecule has 1 unspecified atom stereocenters. The summed E-state index contributed by atoms with van der Waals surface area (Å²) in [5.41, 5.74) is 15.5. The van der Waals surface area contributed by atoms with Crippen LogP contribution in [0.25, 0.3) is 10.2 Å². The Morgan fingerprint density at radius 2 is 2.06 bits per heavy atom. The highest BCUT2D eigenvalue weighted by Crippen LogP contribution is 2.33. The lowest BCUT2D eigenvalue weighted by Crippen LogP contribution is -2.39. The summed E-state index contributed by atoms with van der Waals surface area (Å²) in [6, 6.07) is 7.05. The monoisotopic (exact) mass is 472 g/mol. The van der Waals surface area contributed by atoms with E-state index >= 15 is 0 Å². The Morgan fingerprint density at radius 3 is 2.82 bits per heavy atom. The summed E-state index contributed by atoms with van der Waals surface area (Å²) in [7, 11) is 0. The lowest BCUT2D eigenvalue weighted by molar-refractivity contribution is 0.0804. The van der Waals surface area contributed by atoms with Crippen molar-refractivity contribution in [3.8, 4) is 0 Å². The van der Waals surface area contributed by atoms with Crippen LogP contribution in [0, 0.1) is 12.8 Å². The Morgan fingerprint density at radius 1 is 1.24 bits per heavy atom. The van der Waals surface area contributed by atoms with E-state index in [9.17, 15) is 13.6 Å². The first-order chi connectivity index (χ1) is 15.8. The van der Waals surface area contributed by atoms with Gasteiger partial charge in [-0.05, 0) is 49.9 Å². The Kier molecular flexibility index (Phi) is 5.65. The van der Waals surface area contributed by atoms with Gasteiger partial charge in [-0.2, -0.15) is 0 Å².